The summed E-state index contributed by atoms with van der Waals surface area (Å²) in [4.78, 5) is 13.1. The molecule has 0 amide bonds. The van der Waals surface area contributed by atoms with Gasteiger partial charge in [-0.3, -0.25) is 0 Å². The van der Waals surface area contributed by atoms with Crippen molar-refractivity contribution in [3.63, 3.8) is 0 Å². The van der Waals surface area contributed by atoms with Crippen LogP contribution in [0, 0.1) is 11.3 Å². The number of fused-ring (bicyclic) bond motifs is 1. The van der Waals surface area contributed by atoms with Gasteiger partial charge in [0.25, 0.3) is 0 Å². The van der Waals surface area contributed by atoms with E-state index in [4.69, 9.17) is 11.0 Å². The van der Waals surface area contributed by atoms with Crippen LogP contribution in [0.2, 0.25) is 0 Å². The maximum Gasteiger partial charge on any atom is 0.223 e. The number of anilines is 2. The molecule has 0 aliphatic carbocycles. The topological polar surface area (TPSA) is 115 Å². The number of nitrogens with one attached hydrogen (secondary N) is 1. The Hall–Kier alpha value is -2.33. The van der Waals surface area contributed by atoms with Crippen molar-refractivity contribution in [2.45, 2.75) is 12.5 Å². The van der Waals surface area contributed by atoms with Crippen molar-refractivity contribution in [1.29, 1.82) is 5.26 Å². The van der Waals surface area contributed by atoms with E-state index in [-0.39, 0.29) is 12.1 Å². The van der Waals surface area contributed by atoms with Crippen LogP contribution in [0.4, 0.5) is 11.8 Å². The van der Waals surface area contributed by atoms with Crippen LogP contribution >= 0.6 is 0 Å². The molecule has 3 heterocycles. The predicted molar refractivity (Wildman–Crippen MR) is 65.9 cm³/mol. The first-order chi connectivity index (χ1) is 8.69. The average Bonchev–Trinajstić information content (AvgIpc) is 2.94. The fraction of sp³-hybridized carbons (Fsp3) is 0.364. The summed E-state index contributed by atoms with van der Waals surface area (Å²) < 4.78 is 0. The number of nitrogens with zero attached hydrogens (tertiary/aromatic N) is 4. The average molecular weight is 244 g/mol. The zero-order valence-corrected chi connectivity index (χ0v) is 9.59. The summed E-state index contributed by atoms with van der Waals surface area (Å²) in [6, 6.07) is 2.10. The molecule has 3 rings (SSSR count). The predicted octanol–water partition coefficient (Wildman–Crippen LogP) is -0.0172. The van der Waals surface area contributed by atoms with E-state index in [1.165, 1.54) is 0 Å². The van der Waals surface area contributed by atoms with Crippen molar-refractivity contribution in [2.24, 2.45) is 0 Å². The number of nitrogens with two attached hydrogens (primary N) is 1. The van der Waals surface area contributed by atoms with Gasteiger partial charge in [0, 0.05) is 19.3 Å². The molecule has 7 nitrogen and oxygen atoms in total. The first-order valence-electron chi connectivity index (χ1n) is 5.66. The van der Waals surface area contributed by atoms with E-state index in [0.29, 0.717) is 41.9 Å². The van der Waals surface area contributed by atoms with Crippen molar-refractivity contribution in [3.8, 4) is 6.07 Å². The Kier molecular flexibility index (Phi) is 2.31. The molecule has 4 N–H and O–H groups in total. The van der Waals surface area contributed by atoms with E-state index < -0.39 is 0 Å². The lowest BCUT2D eigenvalue weighted by atomic mass is 10.2. The lowest BCUT2D eigenvalue weighted by molar-refractivity contribution is 0.198. The van der Waals surface area contributed by atoms with E-state index in [1.807, 2.05) is 4.90 Å². The summed E-state index contributed by atoms with van der Waals surface area (Å²) in [5.41, 5.74) is 6.70. The normalized spacial score (nSPS) is 19.3. The number of hydrogen-bond acceptors (Lipinski definition) is 6. The van der Waals surface area contributed by atoms with Crippen LogP contribution in [0.25, 0.3) is 11.0 Å². The molecular weight excluding hydrogens is 232 g/mol. The van der Waals surface area contributed by atoms with Crippen LogP contribution in [0.15, 0.2) is 6.20 Å². The Labute approximate surface area is 103 Å². The third kappa shape index (κ3) is 1.55. The monoisotopic (exact) mass is 244 g/mol. The molecule has 0 unspecified atom stereocenters. The number of nitrogen functional groups attached to an aromatic ring is 1. The van der Waals surface area contributed by atoms with E-state index in [2.05, 4.69) is 21.0 Å². The largest absolute Gasteiger partial charge is 0.391 e. The van der Waals surface area contributed by atoms with Crippen LogP contribution in [0.3, 0.4) is 0 Å². The fourth-order valence-electron chi connectivity index (χ4n) is 2.28. The molecule has 1 aliphatic rings. The molecule has 92 valence electrons. The number of nitriles is 1. The minimum absolute atomic E-state index is 0.158. The number of aliphatic hydroxyl groups excluding tert-OH is 1. The highest BCUT2D eigenvalue weighted by atomic mass is 16.3. The zero-order chi connectivity index (χ0) is 12.7. The molecule has 0 spiro atoms. The van der Waals surface area contributed by atoms with Crippen LogP contribution in [0.1, 0.15) is 12.0 Å². The molecule has 0 radical (unpaired) electrons. The van der Waals surface area contributed by atoms with Gasteiger partial charge in [-0.05, 0) is 6.42 Å². The van der Waals surface area contributed by atoms with Gasteiger partial charge in [0.1, 0.15) is 17.5 Å². The molecule has 18 heavy (non-hydrogen) atoms. The van der Waals surface area contributed by atoms with Gasteiger partial charge in [-0.25, -0.2) is 0 Å². The second-order valence-corrected chi connectivity index (χ2v) is 4.33. The number of rotatable bonds is 1. The third-order valence-corrected chi connectivity index (χ3v) is 3.11. The van der Waals surface area contributed by atoms with E-state index in [9.17, 15) is 5.11 Å². The SMILES string of the molecule is N#Cc1c[nH]c2nc(N)nc(N3CC[C@H](O)C3)c12. The highest BCUT2D eigenvalue weighted by Gasteiger charge is 2.25. The minimum Gasteiger partial charge on any atom is -0.391 e. The quantitative estimate of drug-likeness (QED) is 0.649. The summed E-state index contributed by atoms with van der Waals surface area (Å²) in [6.45, 7) is 1.20. The first kappa shape index (κ1) is 10.8. The van der Waals surface area contributed by atoms with Crippen molar-refractivity contribution in [1.82, 2.24) is 15.0 Å². The number of aromatic nitrogens is 3. The summed E-state index contributed by atoms with van der Waals surface area (Å²) >= 11 is 0. The molecule has 1 fully saturated rings. The molecule has 0 saturated carbocycles. The molecule has 2 aromatic heterocycles. The fourth-order valence-corrected chi connectivity index (χ4v) is 2.28. The molecular formula is C11H12N6O. The van der Waals surface area contributed by atoms with Crippen LogP contribution in [-0.4, -0.2) is 39.3 Å². The molecule has 1 saturated heterocycles. The Balaban J connectivity index is 2.20. The highest BCUT2D eigenvalue weighted by Crippen LogP contribution is 2.29. The van der Waals surface area contributed by atoms with E-state index >= 15 is 0 Å². The number of aromatic amines is 1. The van der Waals surface area contributed by atoms with Gasteiger partial charge in [-0.2, -0.15) is 15.2 Å². The molecule has 1 atom stereocenters. The minimum atomic E-state index is -0.360. The maximum atomic E-state index is 9.59. The Morgan fingerprint density at radius 3 is 3.06 bits per heavy atom. The van der Waals surface area contributed by atoms with Crippen molar-refractivity contribution in [3.05, 3.63) is 11.8 Å². The standard InChI is InChI=1S/C11H12N6O/c12-3-6-4-14-9-8(6)10(16-11(13)15-9)17-2-1-7(18)5-17/h4,7,18H,1-2,5H2,(H3,13,14,15,16)/t7-/m0/s1. The molecule has 0 bridgehead atoms. The van der Waals surface area contributed by atoms with Gasteiger partial charge in [0.2, 0.25) is 5.95 Å². The van der Waals surface area contributed by atoms with Gasteiger partial charge in [0.05, 0.1) is 17.1 Å². The van der Waals surface area contributed by atoms with Crippen molar-refractivity contribution in [2.75, 3.05) is 23.7 Å². The Morgan fingerprint density at radius 2 is 2.39 bits per heavy atom. The van der Waals surface area contributed by atoms with Crippen LogP contribution in [-0.2, 0) is 0 Å². The summed E-state index contributed by atoms with van der Waals surface area (Å²) in [7, 11) is 0. The number of hydrogen-bond donors (Lipinski definition) is 3. The maximum absolute atomic E-state index is 9.59. The van der Waals surface area contributed by atoms with Gasteiger partial charge in [-0.1, -0.05) is 0 Å². The summed E-state index contributed by atoms with van der Waals surface area (Å²) in [5, 5.41) is 19.3. The zero-order valence-electron chi connectivity index (χ0n) is 9.59. The lowest BCUT2D eigenvalue weighted by Gasteiger charge is -2.17. The van der Waals surface area contributed by atoms with Gasteiger partial charge in [0.15, 0.2) is 0 Å². The first-order valence-corrected chi connectivity index (χ1v) is 5.66. The third-order valence-electron chi connectivity index (χ3n) is 3.11. The number of H-pyrrole nitrogens is 1. The summed E-state index contributed by atoms with van der Waals surface area (Å²) in [5.74, 6) is 0.775. The molecule has 0 aromatic carbocycles. The number of β-amino-alcohol motifs (C(OH)–C–C–N with tert-alkyl or cyclic N) is 1. The van der Waals surface area contributed by atoms with Crippen LogP contribution < -0.4 is 10.6 Å². The van der Waals surface area contributed by atoms with E-state index in [1.54, 1.807) is 6.20 Å². The highest BCUT2D eigenvalue weighted by molar-refractivity contribution is 5.93. The van der Waals surface area contributed by atoms with Gasteiger partial charge < -0.3 is 20.7 Å². The van der Waals surface area contributed by atoms with E-state index in [0.717, 1.165) is 0 Å². The molecule has 1 aliphatic heterocycles. The number of aliphatic hydroxyl groups is 1. The van der Waals surface area contributed by atoms with Crippen LogP contribution in [0.5, 0.6) is 0 Å². The Bertz CT molecular complexity index is 643. The van der Waals surface area contributed by atoms with Gasteiger partial charge in [-0.15, -0.1) is 0 Å². The molecule has 7 heteroatoms. The summed E-state index contributed by atoms with van der Waals surface area (Å²) in [6.07, 6.45) is 1.92. The van der Waals surface area contributed by atoms with Crippen molar-refractivity contribution >= 4 is 22.8 Å². The smallest absolute Gasteiger partial charge is 0.223 e. The van der Waals surface area contributed by atoms with Gasteiger partial charge >= 0.3 is 0 Å². The van der Waals surface area contributed by atoms with Crippen molar-refractivity contribution < 1.29 is 5.11 Å². The Morgan fingerprint density at radius 1 is 1.56 bits per heavy atom. The molecule has 2 aromatic rings. The lowest BCUT2D eigenvalue weighted by Crippen LogP contribution is -2.23. The second kappa shape index (κ2) is 3.85. The second-order valence-electron chi connectivity index (χ2n) is 4.33.